The third kappa shape index (κ3) is 0.671. The Balaban J connectivity index is 0.000000563. The van der Waals surface area contributed by atoms with Gasteiger partial charge in [-0.25, -0.2) is 0 Å². The molecular weight excluding hydrogens is 160 g/mol. The number of hydrogen-bond acceptors (Lipinski definition) is 3. The summed E-state index contributed by atoms with van der Waals surface area (Å²) in [5, 5.41) is 9.55. The maximum atomic E-state index is 11.1. The molecule has 3 aliphatic rings. The number of ether oxygens (including phenoxy) is 1. The van der Waals surface area contributed by atoms with Crippen molar-refractivity contribution in [1.29, 1.82) is 0 Å². The summed E-state index contributed by atoms with van der Waals surface area (Å²) < 4.78 is 5.06. The molecule has 2 saturated carbocycles. The summed E-state index contributed by atoms with van der Waals surface area (Å²) in [4.78, 5) is 11.1. The van der Waals surface area contributed by atoms with Gasteiger partial charge in [0.15, 0.2) is 0 Å². The van der Waals surface area contributed by atoms with Gasteiger partial charge in [-0.3, -0.25) is 4.79 Å². The first-order chi connectivity index (χ1) is 5.27. The molecular formula is C8H12O4. The van der Waals surface area contributed by atoms with Crippen molar-refractivity contribution in [1.82, 2.24) is 0 Å². The minimum atomic E-state index is -0.359. The first-order valence-corrected chi connectivity index (χ1v) is 4.16. The highest BCUT2D eigenvalue weighted by Crippen LogP contribution is 2.54. The number of carbonyl (C=O) groups excluding carboxylic acids is 1. The third-order valence-electron chi connectivity index (χ3n) is 3.44. The number of aliphatic hydroxyl groups excluding tert-OH is 1. The molecule has 0 aromatic rings. The number of rotatable bonds is 0. The van der Waals surface area contributed by atoms with Crippen LogP contribution in [0.4, 0.5) is 0 Å². The zero-order chi connectivity index (χ0) is 7.59. The van der Waals surface area contributed by atoms with Gasteiger partial charge < -0.3 is 15.3 Å². The van der Waals surface area contributed by atoms with E-state index in [0.717, 1.165) is 12.8 Å². The number of esters is 1. The minimum Gasteiger partial charge on any atom is -0.459 e. The number of hydrogen-bond donors (Lipinski definition) is 1. The van der Waals surface area contributed by atoms with Crippen molar-refractivity contribution in [3.63, 3.8) is 0 Å². The lowest BCUT2D eigenvalue weighted by atomic mass is 9.88. The Kier molecular flexibility index (Phi) is 1.47. The van der Waals surface area contributed by atoms with Crippen molar-refractivity contribution in [2.75, 3.05) is 0 Å². The molecule has 5 unspecified atom stereocenters. The summed E-state index contributed by atoms with van der Waals surface area (Å²) in [7, 11) is 0. The molecule has 0 radical (unpaired) electrons. The number of aliphatic hydroxyl groups is 1. The number of carbonyl (C=O) groups is 1. The predicted octanol–water partition coefficient (Wildman–Crippen LogP) is -0.896. The Morgan fingerprint density at radius 3 is 2.75 bits per heavy atom. The van der Waals surface area contributed by atoms with Gasteiger partial charge in [0.05, 0.1) is 12.0 Å². The van der Waals surface area contributed by atoms with E-state index in [1.165, 1.54) is 0 Å². The van der Waals surface area contributed by atoms with Crippen molar-refractivity contribution < 1.29 is 20.1 Å². The highest BCUT2D eigenvalue weighted by atomic mass is 16.6. The van der Waals surface area contributed by atoms with E-state index in [-0.39, 0.29) is 29.6 Å². The molecule has 68 valence electrons. The van der Waals surface area contributed by atoms with E-state index in [9.17, 15) is 9.90 Å². The van der Waals surface area contributed by atoms with Gasteiger partial charge in [-0.1, -0.05) is 0 Å². The van der Waals surface area contributed by atoms with Crippen LogP contribution in [0.5, 0.6) is 0 Å². The number of fused-ring (bicyclic) bond motifs is 1. The van der Waals surface area contributed by atoms with Gasteiger partial charge >= 0.3 is 5.97 Å². The maximum absolute atomic E-state index is 11.1. The highest BCUT2D eigenvalue weighted by Gasteiger charge is 2.61. The van der Waals surface area contributed by atoms with Crippen LogP contribution in [-0.4, -0.2) is 28.8 Å². The Labute approximate surface area is 69.8 Å². The average Bonchev–Trinajstić information content (AvgIpc) is 2.53. The molecule has 3 N–H and O–H groups in total. The SMILES string of the molecule is O.O=C1OC2C(O)C3CC1C2C3. The second-order valence-corrected chi connectivity index (χ2v) is 3.89. The summed E-state index contributed by atoms with van der Waals surface area (Å²) in [6.07, 6.45) is 1.36. The fourth-order valence-electron chi connectivity index (χ4n) is 2.92. The Morgan fingerprint density at radius 2 is 2.17 bits per heavy atom. The van der Waals surface area contributed by atoms with E-state index < -0.39 is 0 Å². The first-order valence-electron chi connectivity index (χ1n) is 4.16. The lowest BCUT2D eigenvalue weighted by molar-refractivity contribution is -0.145. The van der Waals surface area contributed by atoms with Gasteiger partial charge in [0.25, 0.3) is 0 Å². The van der Waals surface area contributed by atoms with Crippen molar-refractivity contribution in [3.8, 4) is 0 Å². The molecule has 4 heteroatoms. The molecule has 1 saturated heterocycles. The summed E-state index contributed by atoms with van der Waals surface area (Å²) in [5.74, 6) is 0.761. The molecule has 12 heavy (non-hydrogen) atoms. The second-order valence-electron chi connectivity index (χ2n) is 3.89. The third-order valence-corrected chi connectivity index (χ3v) is 3.44. The van der Waals surface area contributed by atoms with Crippen LogP contribution in [0.1, 0.15) is 12.8 Å². The lowest BCUT2D eigenvalue weighted by Gasteiger charge is -2.19. The maximum Gasteiger partial charge on any atom is 0.309 e. The molecule has 1 heterocycles. The van der Waals surface area contributed by atoms with E-state index in [2.05, 4.69) is 0 Å². The normalized spacial score (nSPS) is 53.8. The van der Waals surface area contributed by atoms with E-state index in [4.69, 9.17) is 4.74 Å². The van der Waals surface area contributed by atoms with E-state index >= 15 is 0 Å². The van der Waals surface area contributed by atoms with Crippen molar-refractivity contribution in [2.24, 2.45) is 17.8 Å². The van der Waals surface area contributed by atoms with Crippen LogP contribution < -0.4 is 0 Å². The van der Waals surface area contributed by atoms with E-state index in [1.54, 1.807) is 0 Å². The molecule has 5 atom stereocenters. The van der Waals surface area contributed by atoms with Crippen molar-refractivity contribution in [2.45, 2.75) is 25.0 Å². The van der Waals surface area contributed by atoms with Crippen LogP contribution in [0.2, 0.25) is 0 Å². The summed E-state index contributed by atoms with van der Waals surface area (Å²) in [6.45, 7) is 0. The van der Waals surface area contributed by atoms with Crippen LogP contribution in [0.25, 0.3) is 0 Å². The lowest BCUT2D eigenvalue weighted by Crippen LogP contribution is -2.31. The predicted molar refractivity (Wildman–Crippen MR) is 39.2 cm³/mol. The van der Waals surface area contributed by atoms with Gasteiger partial charge in [-0.15, -0.1) is 0 Å². The van der Waals surface area contributed by atoms with E-state index in [1.807, 2.05) is 0 Å². The van der Waals surface area contributed by atoms with E-state index in [0.29, 0.717) is 11.8 Å². The Morgan fingerprint density at radius 1 is 1.42 bits per heavy atom. The highest BCUT2D eigenvalue weighted by molar-refractivity contribution is 5.76. The van der Waals surface area contributed by atoms with Crippen molar-refractivity contribution in [3.05, 3.63) is 0 Å². The van der Waals surface area contributed by atoms with Crippen LogP contribution >= 0.6 is 0 Å². The molecule has 0 aromatic heterocycles. The van der Waals surface area contributed by atoms with Crippen LogP contribution in [0.3, 0.4) is 0 Å². The monoisotopic (exact) mass is 172 g/mol. The van der Waals surface area contributed by atoms with Gasteiger partial charge in [0.2, 0.25) is 0 Å². The van der Waals surface area contributed by atoms with Gasteiger partial charge in [0.1, 0.15) is 6.10 Å². The topological polar surface area (TPSA) is 78.0 Å². The molecule has 1 aliphatic heterocycles. The quantitative estimate of drug-likeness (QED) is 0.481. The summed E-state index contributed by atoms with van der Waals surface area (Å²) in [6, 6.07) is 0. The zero-order valence-corrected chi connectivity index (χ0v) is 6.56. The standard InChI is InChI=1S/C8H10O3.H2O/c9-6-3-1-4-5(2-3)8(10)11-7(4)6;/h3-7,9H,1-2H2;1H2. The van der Waals surface area contributed by atoms with Gasteiger partial charge in [0, 0.05) is 5.92 Å². The second kappa shape index (κ2) is 2.20. The first kappa shape index (κ1) is 8.01. The molecule has 2 bridgehead atoms. The largest absolute Gasteiger partial charge is 0.459 e. The smallest absolute Gasteiger partial charge is 0.309 e. The molecule has 0 aromatic carbocycles. The summed E-state index contributed by atoms with van der Waals surface area (Å²) in [5.41, 5.74) is 0. The Hall–Kier alpha value is -0.610. The zero-order valence-electron chi connectivity index (χ0n) is 6.56. The van der Waals surface area contributed by atoms with Gasteiger partial charge in [-0.2, -0.15) is 0 Å². The molecule has 0 amide bonds. The molecule has 2 aliphatic carbocycles. The van der Waals surface area contributed by atoms with Gasteiger partial charge in [-0.05, 0) is 18.8 Å². The van der Waals surface area contributed by atoms with Crippen LogP contribution in [0.15, 0.2) is 0 Å². The van der Waals surface area contributed by atoms with Crippen LogP contribution in [0, 0.1) is 17.8 Å². The minimum absolute atomic E-state index is 0. The van der Waals surface area contributed by atoms with Crippen molar-refractivity contribution >= 4 is 5.97 Å². The fraction of sp³-hybridized carbons (Fsp3) is 0.875. The fourth-order valence-corrected chi connectivity index (χ4v) is 2.92. The summed E-state index contributed by atoms with van der Waals surface area (Å²) >= 11 is 0. The molecule has 0 spiro atoms. The van der Waals surface area contributed by atoms with Crippen LogP contribution in [-0.2, 0) is 9.53 Å². The average molecular weight is 172 g/mol. The molecule has 4 nitrogen and oxygen atoms in total. The molecule has 3 rings (SSSR count). The molecule has 3 fully saturated rings. The Bertz CT molecular complexity index is 227.